The van der Waals surface area contributed by atoms with Gasteiger partial charge in [-0.15, -0.1) is 11.3 Å². The molecular weight excluding hydrogens is 225 g/mol. The van der Waals surface area contributed by atoms with Gasteiger partial charge in [0.15, 0.2) is 0 Å². The minimum atomic E-state index is -0.995. The van der Waals surface area contributed by atoms with Crippen molar-refractivity contribution in [2.24, 2.45) is 0 Å². The number of carboxylic acids is 1. The first-order valence-electron chi connectivity index (χ1n) is 3.88. The molecule has 0 spiro atoms. The number of hydrogen-bond donors (Lipinski definition) is 1. The van der Waals surface area contributed by atoms with E-state index in [9.17, 15) is 4.79 Å². The van der Waals surface area contributed by atoms with Crippen LogP contribution in [0.15, 0.2) is 18.2 Å². The van der Waals surface area contributed by atoms with Crippen LogP contribution < -0.4 is 34.3 Å². The zero-order valence-corrected chi connectivity index (χ0v) is 11.2. The molecule has 2 aromatic rings. The molecule has 0 saturated heterocycles. The van der Waals surface area contributed by atoms with Gasteiger partial charge in [-0.1, -0.05) is 0 Å². The number of ether oxygens (including phenoxy) is 1. The number of fused-ring (bicyclic) bond motifs is 1. The van der Waals surface area contributed by atoms with Gasteiger partial charge in [0.2, 0.25) is 5.01 Å². The van der Waals surface area contributed by atoms with Crippen molar-refractivity contribution < 1.29 is 44.2 Å². The molecule has 2 rings (SSSR count). The number of thiazole rings is 1. The van der Waals surface area contributed by atoms with Gasteiger partial charge < -0.3 is 9.84 Å². The van der Waals surface area contributed by atoms with Gasteiger partial charge in [-0.05, 0) is 18.2 Å². The molecule has 6 heteroatoms. The summed E-state index contributed by atoms with van der Waals surface area (Å²) in [4.78, 5) is 14.6. The molecular formula is C9H7NNaO3S+. The van der Waals surface area contributed by atoms with E-state index < -0.39 is 5.97 Å². The Morgan fingerprint density at radius 1 is 1.53 bits per heavy atom. The summed E-state index contributed by atoms with van der Waals surface area (Å²) < 4.78 is 5.84. The normalized spacial score (nSPS) is 9.67. The Balaban J connectivity index is 0.00000112. The van der Waals surface area contributed by atoms with Gasteiger partial charge in [0.05, 0.1) is 17.3 Å². The SMILES string of the molecule is COc1ccc2nc(C(=O)O)sc2c1.[Na+]. The summed E-state index contributed by atoms with van der Waals surface area (Å²) >= 11 is 1.14. The summed E-state index contributed by atoms with van der Waals surface area (Å²) in [5, 5.41) is 8.83. The van der Waals surface area contributed by atoms with Crippen molar-refractivity contribution in [3.63, 3.8) is 0 Å². The standard InChI is InChI=1S/C9H7NO3S.Na/c1-13-5-2-3-6-7(4-5)14-8(10-6)9(11)12;/h2-4H,1H3,(H,11,12);/q;+1. The summed E-state index contributed by atoms with van der Waals surface area (Å²) in [5.41, 5.74) is 0.688. The maximum absolute atomic E-state index is 10.6. The Bertz CT molecular complexity index is 497. The Hall–Kier alpha value is -0.620. The number of benzene rings is 1. The van der Waals surface area contributed by atoms with Crippen molar-refractivity contribution in [3.05, 3.63) is 23.2 Å². The molecule has 1 heterocycles. The molecule has 1 N–H and O–H groups in total. The van der Waals surface area contributed by atoms with Crippen molar-refractivity contribution in [2.45, 2.75) is 0 Å². The van der Waals surface area contributed by atoms with Crippen LogP contribution in [0.5, 0.6) is 5.75 Å². The van der Waals surface area contributed by atoms with E-state index in [1.54, 1.807) is 25.3 Å². The topological polar surface area (TPSA) is 59.4 Å². The number of hydrogen-bond acceptors (Lipinski definition) is 4. The van der Waals surface area contributed by atoms with E-state index >= 15 is 0 Å². The molecule has 0 unspecified atom stereocenters. The number of aromatic carboxylic acids is 1. The number of rotatable bonds is 2. The predicted molar refractivity (Wildman–Crippen MR) is 53.1 cm³/mol. The van der Waals surface area contributed by atoms with Crippen LogP contribution in [0, 0.1) is 0 Å². The van der Waals surface area contributed by atoms with E-state index in [0.717, 1.165) is 16.0 Å². The fourth-order valence-corrected chi connectivity index (χ4v) is 1.96. The van der Waals surface area contributed by atoms with Crippen LogP contribution in [-0.2, 0) is 0 Å². The van der Waals surface area contributed by atoms with Crippen molar-refractivity contribution >= 4 is 27.5 Å². The number of methoxy groups -OCH3 is 1. The Kier molecular flexibility index (Phi) is 4.10. The van der Waals surface area contributed by atoms with E-state index in [4.69, 9.17) is 9.84 Å². The molecule has 0 bridgehead atoms. The first kappa shape index (κ1) is 12.4. The summed E-state index contributed by atoms with van der Waals surface area (Å²) in [5.74, 6) is -0.289. The number of carboxylic acid groups (broad SMARTS) is 1. The van der Waals surface area contributed by atoms with Gasteiger partial charge in [0.1, 0.15) is 5.75 Å². The Morgan fingerprint density at radius 3 is 2.87 bits per heavy atom. The van der Waals surface area contributed by atoms with Gasteiger partial charge in [-0.2, -0.15) is 0 Å². The molecule has 0 aliphatic carbocycles. The second kappa shape index (κ2) is 4.94. The van der Waals surface area contributed by atoms with Crippen LogP contribution in [0.2, 0.25) is 0 Å². The maximum Gasteiger partial charge on any atom is 1.00 e. The van der Waals surface area contributed by atoms with Gasteiger partial charge >= 0.3 is 35.5 Å². The fourth-order valence-electron chi connectivity index (χ4n) is 1.12. The quantitative estimate of drug-likeness (QED) is 0.675. The van der Waals surface area contributed by atoms with Crippen LogP contribution in [-0.4, -0.2) is 23.2 Å². The van der Waals surface area contributed by atoms with E-state index in [-0.39, 0.29) is 34.6 Å². The maximum atomic E-state index is 10.6. The molecule has 1 aromatic carbocycles. The molecule has 0 radical (unpaired) electrons. The third-order valence-electron chi connectivity index (χ3n) is 1.78. The zero-order chi connectivity index (χ0) is 10.1. The van der Waals surface area contributed by atoms with Crippen LogP contribution in [0.25, 0.3) is 10.2 Å². The van der Waals surface area contributed by atoms with Crippen LogP contribution in [0.1, 0.15) is 9.80 Å². The smallest absolute Gasteiger partial charge is 0.497 e. The molecule has 4 nitrogen and oxygen atoms in total. The molecule has 15 heavy (non-hydrogen) atoms. The predicted octanol–water partition coefficient (Wildman–Crippen LogP) is -0.993. The van der Waals surface area contributed by atoms with Crippen LogP contribution >= 0.6 is 11.3 Å². The van der Waals surface area contributed by atoms with Gasteiger partial charge in [0, 0.05) is 0 Å². The minimum absolute atomic E-state index is 0. The van der Waals surface area contributed by atoms with Gasteiger partial charge in [0.25, 0.3) is 0 Å². The summed E-state index contributed by atoms with van der Waals surface area (Å²) in [6, 6.07) is 5.28. The Labute approximate surface area is 112 Å². The largest absolute Gasteiger partial charge is 1.00 e. The zero-order valence-electron chi connectivity index (χ0n) is 8.35. The third kappa shape index (κ3) is 2.49. The molecule has 0 aliphatic heterocycles. The van der Waals surface area contributed by atoms with Crippen molar-refractivity contribution in [3.8, 4) is 5.75 Å². The fraction of sp³-hybridized carbons (Fsp3) is 0.111. The molecule has 0 saturated carbocycles. The van der Waals surface area contributed by atoms with Crippen molar-refractivity contribution in [2.75, 3.05) is 7.11 Å². The first-order chi connectivity index (χ1) is 6.70. The van der Waals surface area contributed by atoms with E-state index in [2.05, 4.69) is 4.98 Å². The van der Waals surface area contributed by atoms with Crippen molar-refractivity contribution in [1.82, 2.24) is 4.98 Å². The van der Waals surface area contributed by atoms with Gasteiger partial charge in [-0.25, -0.2) is 9.78 Å². The molecule has 0 atom stereocenters. The number of nitrogens with zero attached hydrogens (tertiary/aromatic N) is 1. The monoisotopic (exact) mass is 232 g/mol. The first-order valence-corrected chi connectivity index (χ1v) is 4.70. The second-order valence-corrected chi connectivity index (χ2v) is 3.69. The Morgan fingerprint density at radius 2 is 2.27 bits per heavy atom. The van der Waals surface area contributed by atoms with Crippen LogP contribution in [0.3, 0.4) is 0 Å². The minimum Gasteiger partial charge on any atom is -0.497 e. The summed E-state index contributed by atoms with van der Waals surface area (Å²) in [6.07, 6.45) is 0. The average Bonchev–Trinajstić information content (AvgIpc) is 2.59. The van der Waals surface area contributed by atoms with Crippen LogP contribution in [0.4, 0.5) is 0 Å². The van der Waals surface area contributed by atoms with Crippen molar-refractivity contribution in [1.29, 1.82) is 0 Å². The van der Waals surface area contributed by atoms with E-state index in [1.807, 2.05) is 0 Å². The average molecular weight is 232 g/mol. The second-order valence-electron chi connectivity index (χ2n) is 2.66. The molecule has 0 fully saturated rings. The molecule has 72 valence electrons. The number of aromatic nitrogens is 1. The van der Waals surface area contributed by atoms with E-state index in [1.165, 1.54) is 0 Å². The molecule has 0 amide bonds. The van der Waals surface area contributed by atoms with Gasteiger partial charge in [-0.3, -0.25) is 0 Å². The third-order valence-corrected chi connectivity index (χ3v) is 2.78. The molecule has 0 aliphatic rings. The van der Waals surface area contributed by atoms with E-state index in [0.29, 0.717) is 11.3 Å². The summed E-state index contributed by atoms with van der Waals surface area (Å²) in [6.45, 7) is 0. The number of carbonyl (C=O) groups is 1. The summed E-state index contributed by atoms with van der Waals surface area (Å²) in [7, 11) is 1.57. The molecule has 1 aromatic heterocycles.